The van der Waals surface area contributed by atoms with Crippen molar-refractivity contribution in [2.24, 2.45) is 5.92 Å². The SMILES string of the molecule is COc1cc(OC)c(C(=O)NC2CCC(C(=O)O)CC2)cc1OC. The maximum absolute atomic E-state index is 12.6. The van der Waals surface area contributed by atoms with Crippen molar-refractivity contribution in [3.05, 3.63) is 17.7 Å². The zero-order valence-corrected chi connectivity index (χ0v) is 14.1. The Labute approximate surface area is 140 Å². The number of rotatable bonds is 6. The third-order valence-electron chi connectivity index (χ3n) is 4.36. The van der Waals surface area contributed by atoms with E-state index in [0.29, 0.717) is 48.5 Å². The summed E-state index contributed by atoms with van der Waals surface area (Å²) in [6.07, 6.45) is 2.45. The molecule has 0 aliphatic heterocycles. The number of ether oxygens (including phenoxy) is 3. The van der Waals surface area contributed by atoms with Crippen molar-refractivity contribution in [2.75, 3.05) is 21.3 Å². The van der Waals surface area contributed by atoms with E-state index in [4.69, 9.17) is 19.3 Å². The van der Waals surface area contributed by atoms with E-state index >= 15 is 0 Å². The summed E-state index contributed by atoms with van der Waals surface area (Å²) in [6, 6.07) is 3.15. The highest BCUT2D eigenvalue weighted by Crippen LogP contribution is 2.35. The Balaban J connectivity index is 2.11. The van der Waals surface area contributed by atoms with Crippen LogP contribution >= 0.6 is 0 Å². The summed E-state index contributed by atoms with van der Waals surface area (Å²) >= 11 is 0. The third-order valence-corrected chi connectivity index (χ3v) is 4.36. The maximum atomic E-state index is 12.6. The molecule has 0 saturated heterocycles. The van der Waals surface area contributed by atoms with E-state index in [2.05, 4.69) is 5.32 Å². The number of hydrogen-bond acceptors (Lipinski definition) is 5. The van der Waals surface area contributed by atoms with Crippen LogP contribution < -0.4 is 19.5 Å². The highest BCUT2D eigenvalue weighted by atomic mass is 16.5. The number of carboxylic acids is 1. The van der Waals surface area contributed by atoms with Crippen molar-refractivity contribution < 1.29 is 28.9 Å². The molecule has 1 aromatic carbocycles. The number of carboxylic acid groups (broad SMARTS) is 1. The molecule has 2 rings (SSSR count). The second-order valence-electron chi connectivity index (χ2n) is 5.77. The van der Waals surface area contributed by atoms with Crippen LogP contribution in [0.5, 0.6) is 17.2 Å². The van der Waals surface area contributed by atoms with E-state index in [1.807, 2.05) is 0 Å². The molecule has 7 heteroatoms. The molecule has 0 aromatic heterocycles. The molecule has 7 nitrogen and oxygen atoms in total. The number of methoxy groups -OCH3 is 3. The molecule has 1 aromatic rings. The Morgan fingerprint density at radius 2 is 1.50 bits per heavy atom. The van der Waals surface area contributed by atoms with Gasteiger partial charge in [-0.05, 0) is 25.7 Å². The number of nitrogens with one attached hydrogen (secondary N) is 1. The molecule has 24 heavy (non-hydrogen) atoms. The number of carbonyl (C=O) groups is 2. The molecule has 1 saturated carbocycles. The van der Waals surface area contributed by atoms with Gasteiger partial charge in [-0.3, -0.25) is 9.59 Å². The van der Waals surface area contributed by atoms with Gasteiger partial charge in [0.2, 0.25) is 0 Å². The van der Waals surface area contributed by atoms with Gasteiger partial charge in [0.25, 0.3) is 5.91 Å². The fourth-order valence-electron chi connectivity index (χ4n) is 2.95. The average molecular weight is 337 g/mol. The Morgan fingerprint density at radius 1 is 0.958 bits per heavy atom. The minimum absolute atomic E-state index is 0.0362. The molecular formula is C17H23NO6. The third kappa shape index (κ3) is 3.90. The largest absolute Gasteiger partial charge is 0.496 e. The van der Waals surface area contributed by atoms with Crippen molar-refractivity contribution in [2.45, 2.75) is 31.7 Å². The van der Waals surface area contributed by atoms with Crippen molar-refractivity contribution >= 4 is 11.9 Å². The van der Waals surface area contributed by atoms with Crippen molar-refractivity contribution in [1.82, 2.24) is 5.32 Å². The summed E-state index contributed by atoms with van der Waals surface area (Å²) in [5, 5.41) is 12.0. The molecule has 0 heterocycles. The number of carbonyl (C=O) groups excluding carboxylic acids is 1. The molecule has 0 atom stereocenters. The van der Waals surface area contributed by atoms with Gasteiger partial charge in [0.15, 0.2) is 11.5 Å². The second kappa shape index (κ2) is 7.90. The fraction of sp³-hybridized carbons (Fsp3) is 0.529. The molecule has 2 N–H and O–H groups in total. The van der Waals surface area contributed by atoms with Gasteiger partial charge in [-0.25, -0.2) is 0 Å². The monoisotopic (exact) mass is 337 g/mol. The lowest BCUT2D eigenvalue weighted by Gasteiger charge is -2.27. The van der Waals surface area contributed by atoms with Gasteiger partial charge in [-0.1, -0.05) is 0 Å². The standard InChI is InChI=1S/C17H23NO6/c1-22-13-9-15(24-3)14(23-2)8-12(13)16(19)18-11-6-4-10(5-7-11)17(20)21/h8-11H,4-7H2,1-3H3,(H,18,19)(H,20,21). The lowest BCUT2D eigenvalue weighted by Crippen LogP contribution is -2.38. The minimum Gasteiger partial charge on any atom is -0.496 e. The van der Waals surface area contributed by atoms with E-state index in [0.717, 1.165) is 0 Å². The van der Waals surface area contributed by atoms with Gasteiger partial charge < -0.3 is 24.6 Å². The van der Waals surface area contributed by atoms with E-state index in [-0.39, 0.29) is 17.9 Å². The molecule has 0 bridgehead atoms. The van der Waals surface area contributed by atoms with Crippen LogP contribution in [0.3, 0.4) is 0 Å². The first-order valence-electron chi connectivity index (χ1n) is 7.83. The van der Waals surface area contributed by atoms with Gasteiger partial charge in [-0.2, -0.15) is 0 Å². The first kappa shape index (κ1) is 17.9. The Kier molecular flexibility index (Phi) is 5.89. The van der Waals surface area contributed by atoms with Gasteiger partial charge in [0.05, 0.1) is 32.8 Å². The highest BCUT2D eigenvalue weighted by Gasteiger charge is 2.28. The highest BCUT2D eigenvalue weighted by molar-refractivity contribution is 5.98. The van der Waals surface area contributed by atoms with Crippen LogP contribution in [0.4, 0.5) is 0 Å². The molecule has 132 valence electrons. The zero-order valence-electron chi connectivity index (χ0n) is 14.1. The van der Waals surface area contributed by atoms with Gasteiger partial charge in [0, 0.05) is 18.2 Å². The Morgan fingerprint density at radius 3 is 2.00 bits per heavy atom. The van der Waals surface area contributed by atoms with Crippen molar-refractivity contribution in [3.63, 3.8) is 0 Å². The Hall–Kier alpha value is -2.44. The summed E-state index contributed by atoms with van der Waals surface area (Å²) in [6.45, 7) is 0. The number of aliphatic carboxylic acids is 1. The maximum Gasteiger partial charge on any atom is 0.306 e. The number of amides is 1. The summed E-state index contributed by atoms with van der Waals surface area (Å²) in [5.41, 5.74) is 0.357. The van der Waals surface area contributed by atoms with Gasteiger partial charge in [0.1, 0.15) is 5.75 Å². The van der Waals surface area contributed by atoms with Gasteiger partial charge >= 0.3 is 5.97 Å². The summed E-state index contributed by atoms with van der Waals surface area (Å²) in [7, 11) is 4.49. The van der Waals surface area contributed by atoms with E-state index in [1.165, 1.54) is 21.3 Å². The summed E-state index contributed by atoms with van der Waals surface area (Å²) < 4.78 is 15.7. The second-order valence-corrected chi connectivity index (χ2v) is 5.77. The summed E-state index contributed by atoms with van der Waals surface area (Å²) in [4.78, 5) is 23.6. The fourth-order valence-corrected chi connectivity index (χ4v) is 2.95. The first-order valence-corrected chi connectivity index (χ1v) is 7.83. The van der Waals surface area contributed by atoms with Crippen LogP contribution in [0.25, 0.3) is 0 Å². The van der Waals surface area contributed by atoms with Crippen LogP contribution in [0.2, 0.25) is 0 Å². The number of hydrogen-bond donors (Lipinski definition) is 2. The van der Waals surface area contributed by atoms with Crippen LogP contribution in [-0.4, -0.2) is 44.4 Å². The minimum atomic E-state index is -0.763. The quantitative estimate of drug-likeness (QED) is 0.825. The molecule has 1 aliphatic carbocycles. The smallest absolute Gasteiger partial charge is 0.306 e. The predicted octanol–water partition coefficient (Wildman–Crippen LogP) is 2.09. The van der Waals surface area contributed by atoms with Crippen molar-refractivity contribution in [1.29, 1.82) is 0 Å². The molecule has 0 radical (unpaired) electrons. The van der Waals surface area contributed by atoms with E-state index in [1.54, 1.807) is 12.1 Å². The van der Waals surface area contributed by atoms with Crippen LogP contribution in [0.15, 0.2) is 12.1 Å². The number of benzene rings is 1. The predicted molar refractivity (Wildman–Crippen MR) is 86.9 cm³/mol. The molecule has 1 amide bonds. The zero-order chi connectivity index (χ0) is 17.7. The van der Waals surface area contributed by atoms with Gasteiger partial charge in [-0.15, -0.1) is 0 Å². The molecule has 1 aliphatic rings. The van der Waals surface area contributed by atoms with Crippen LogP contribution in [0.1, 0.15) is 36.0 Å². The topological polar surface area (TPSA) is 94.1 Å². The molecule has 0 unspecified atom stereocenters. The average Bonchev–Trinajstić information content (AvgIpc) is 2.60. The van der Waals surface area contributed by atoms with Crippen LogP contribution in [-0.2, 0) is 4.79 Å². The lowest BCUT2D eigenvalue weighted by molar-refractivity contribution is -0.142. The molecule has 0 spiro atoms. The molecular weight excluding hydrogens is 314 g/mol. The van der Waals surface area contributed by atoms with Crippen LogP contribution in [0, 0.1) is 5.92 Å². The van der Waals surface area contributed by atoms with E-state index < -0.39 is 5.97 Å². The summed E-state index contributed by atoms with van der Waals surface area (Å²) in [5.74, 6) is -0.0306. The normalized spacial score (nSPS) is 20.1. The Bertz CT molecular complexity index is 607. The first-order chi connectivity index (χ1) is 11.5. The van der Waals surface area contributed by atoms with E-state index in [9.17, 15) is 9.59 Å². The lowest BCUT2D eigenvalue weighted by atomic mass is 9.86. The van der Waals surface area contributed by atoms with Crippen molar-refractivity contribution in [3.8, 4) is 17.2 Å². The molecule has 1 fully saturated rings.